The first-order valence-corrected chi connectivity index (χ1v) is 23.5. The Balaban J connectivity index is 0.000000312. The number of carbonyl (C=O) groups excluding carboxylic acids is 1. The van der Waals surface area contributed by atoms with E-state index in [0.29, 0.717) is 32.2 Å². The average molecular weight is 1070 g/mol. The van der Waals surface area contributed by atoms with Gasteiger partial charge in [-0.05, 0) is 84.9 Å². The van der Waals surface area contributed by atoms with E-state index >= 15 is 0 Å². The number of aliphatic hydroxyl groups is 2. The lowest BCUT2D eigenvalue weighted by Crippen LogP contribution is -2.55. The first-order chi connectivity index (χ1) is 34.0. The monoisotopic (exact) mass is 1070 g/mol. The number of carbonyl (C=O) groups is 2. The Morgan fingerprint density at radius 3 is 1.39 bits per heavy atom. The maximum Gasteiger partial charge on any atom is 0.333 e. The van der Waals surface area contributed by atoms with Crippen molar-refractivity contribution in [3.05, 3.63) is 137 Å². The summed E-state index contributed by atoms with van der Waals surface area (Å²) in [4.78, 5) is 82.6. The minimum Gasteiger partial charge on any atom is -0.496 e. The van der Waals surface area contributed by atoms with Gasteiger partial charge in [0.05, 0.1) is 62.9 Å². The van der Waals surface area contributed by atoms with Crippen molar-refractivity contribution >= 4 is 55.0 Å². The fourth-order valence-electron chi connectivity index (χ4n) is 8.05. The van der Waals surface area contributed by atoms with Gasteiger partial charge in [0.15, 0.2) is 0 Å². The quantitative estimate of drug-likeness (QED) is 0.103. The number of thiophene rings is 2. The van der Waals surface area contributed by atoms with Gasteiger partial charge in [0, 0.05) is 30.2 Å². The van der Waals surface area contributed by atoms with Crippen LogP contribution in [-0.4, -0.2) is 96.2 Å². The molecule has 0 radical (unpaired) electrons. The second-order valence-electron chi connectivity index (χ2n) is 17.2. The Morgan fingerprint density at radius 1 is 0.689 bits per heavy atom. The smallest absolute Gasteiger partial charge is 0.333 e. The fourth-order valence-corrected chi connectivity index (χ4v) is 10.5. The summed E-state index contributed by atoms with van der Waals surface area (Å²) in [5.41, 5.74) is -5.48. The first-order valence-electron chi connectivity index (χ1n) is 21.9. The van der Waals surface area contributed by atoms with Gasteiger partial charge >= 0.3 is 17.3 Å². The number of aryl methyl sites for hydroxylation is 2. The van der Waals surface area contributed by atoms with E-state index in [1.807, 2.05) is 0 Å². The lowest BCUT2D eigenvalue weighted by atomic mass is 10.0. The van der Waals surface area contributed by atoms with Crippen LogP contribution in [0.3, 0.4) is 0 Å². The second-order valence-corrected chi connectivity index (χ2v) is 19.2. The summed E-state index contributed by atoms with van der Waals surface area (Å²) < 4.78 is 42.3. The Bertz CT molecular complexity index is 3620. The number of aliphatic hydroxyl groups excluding tert-OH is 2. The van der Waals surface area contributed by atoms with Crippen LogP contribution in [0.2, 0.25) is 0 Å². The van der Waals surface area contributed by atoms with E-state index < -0.39 is 75.8 Å². The Kier molecular flexibility index (Phi) is 17.2. The van der Waals surface area contributed by atoms with Crippen molar-refractivity contribution < 1.29 is 44.6 Å². The molecule has 26 heteroatoms. The molecule has 0 aliphatic heterocycles. The molecule has 6 heterocycles. The summed E-state index contributed by atoms with van der Waals surface area (Å²) >= 11 is 2.13. The number of aromatic nitrogens is 10. The normalized spacial score (nSPS) is 12.3. The summed E-state index contributed by atoms with van der Waals surface area (Å²) in [6.07, 6.45) is 3.06. The minimum absolute atomic E-state index is 0. The van der Waals surface area contributed by atoms with Crippen molar-refractivity contribution in [3.8, 4) is 21.5 Å². The summed E-state index contributed by atoms with van der Waals surface area (Å²) in [5, 5.41) is 52.2. The number of hydrogen-bond donors (Lipinski definition) is 4. The standard InChI is InChI=1S/C24H27FN6O5S.C22H22FN5O6S.2CH4.H2/c1-6-26-22(34)24(3,4)30-19(33)18-13(2)20(31-27-9-10-28-31)37-21(18)29(23(30)35)12-16(32)15-11-14(25)7-8-17(15)36-5;1-11-16-17(30)27(22(2,3)20(31)32)21(33)26(19(16)35-18(11)28-24-7-8-25-28)10-14(29)13-9-12(23)5-6-15(13)34-4;;;/h7-11,16,32H,6,12H2,1-5H3,(H,26,34);5-9,14,29H,10H2,1-4H3,(H,31,32);2*1H4;1H/t16-;14-;;;/m11.../s1. The molecule has 398 valence electrons. The Labute approximate surface area is 430 Å². The largest absolute Gasteiger partial charge is 0.496 e. The molecule has 8 aromatic rings. The number of nitrogens with one attached hydrogen (secondary N) is 1. The molecule has 4 N–H and O–H groups in total. The molecule has 0 unspecified atom stereocenters. The Hall–Kier alpha value is -7.68. The van der Waals surface area contributed by atoms with Crippen molar-refractivity contribution in [2.24, 2.45) is 0 Å². The molecule has 2 aromatic carbocycles. The van der Waals surface area contributed by atoms with Gasteiger partial charge in [-0.2, -0.15) is 20.4 Å². The Morgan fingerprint density at radius 2 is 1.05 bits per heavy atom. The lowest BCUT2D eigenvalue weighted by Gasteiger charge is -2.27. The van der Waals surface area contributed by atoms with E-state index in [4.69, 9.17) is 9.47 Å². The zero-order chi connectivity index (χ0) is 52.7. The van der Waals surface area contributed by atoms with Crippen LogP contribution < -0.4 is 37.3 Å². The number of aliphatic carboxylic acids is 1. The van der Waals surface area contributed by atoms with Gasteiger partial charge in [-0.3, -0.25) is 23.5 Å². The van der Waals surface area contributed by atoms with Crippen LogP contribution in [0.1, 0.15) is 85.4 Å². The average Bonchev–Trinajstić information content (AvgIpc) is 4.17. The number of halogens is 2. The summed E-state index contributed by atoms with van der Waals surface area (Å²) in [5.74, 6) is -2.68. The molecule has 1 amide bonds. The van der Waals surface area contributed by atoms with Crippen LogP contribution in [0.4, 0.5) is 8.78 Å². The first kappa shape index (κ1) is 57.2. The van der Waals surface area contributed by atoms with Crippen LogP contribution in [0.5, 0.6) is 11.5 Å². The lowest BCUT2D eigenvalue weighted by molar-refractivity contribution is -0.146. The van der Waals surface area contributed by atoms with Gasteiger partial charge in [-0.25, -0.2) is 32.3 Å². The number of likely N-dealkylation sites (N-methyl/N-ethyl adjacent to an activating group) is 1. The highest BCUT2D eigenvalue weighted by Gasteiger charge is 2.37. The predicted molar refractivity (Wildman–Crippen MR) is 276 cm³/mol. The van der Waals surface area contributed by atoms with E-state index in [-0.39, 0.29) is 65.9 Å². The van der Waals surface area contributed by atoms with E-state index in [0.717, 1.165) is 43.9 Å². The highest BCUT2D eigenvalue weighted by molar-refractivity contribution is 7.21. The van der Waals surface area contributed by atoms with Crippen LogP contribution in [-0.2, 0) is 33.8 Å². The molecule has 6 aromatic heterocycles. The fraction of sp³-hybridized carbons (Fsp3) is 0.375. The molecule has 0 aliphatic rings. The third-order valence-electron chi connectivity index (χ3n) is 11.9. The summed E-state index contributed by atoms with van der Waals surface area (Å²) in [7, 11) is 2.74. The number of carboxylic acids is 1. The molecule has 2 atom stereocenters. The maximum atomic E-state index is 14.0. The molecular weight excluding hydrogens is 1010 g/mol. The molecule has 22 nitrogen and oxygen atoms in total. The number of amides is 1. The summed E-state index contributed by atoms with van der Waals surface area (Å²) in [6.45, 7) is 10.0. The summed E-state index contributed by atoms with van der Waals surface area (Å²) in [6, 6.07) is 7.29. The molecular formula is C48H59F2N11O11S2. The third kappa shape index (κ3) is 10.2. The topological polar surface area (TPSA) is 275 Å². The number of ether oxygens (including phenoxy) is 2. The van der Waals surface area contributed by atoms with Crippen molar-refractivity contribution in [1.29, 1.82) is 0 Å². The van der Waals surface area contributed by atoms with Crippen LogP contribution >= 0.6 is 22.7 Å². The van der Waals surface area contributed by atoms with Gasteiger partial charge in [0.2, 0.25) is 5.91 Å². The van der Waals surface area contributed by atoms with E-state index in [1.54, 1.807) is 20.8 Å². The molecule has 8 rings (SSSR count). The van der Waals surface area contributed by atoms with Crippen molar-refractivity contribution in [2.45, 2.75) is 99.7 Å². The number of carboxylic acid groups (broad SMARTS) is 1. The van der Waals surface area contributed by atoms with E-state index in [1.165, 1.54) is 105 Å². The van der Waals surface area contributed by atoms with Gasteiger partial charge < -0.3 is 30.1 Å². The van der Waals surface area contributed by atoms with E-state index in [2.05, 4.69) is 25.7 Å². The maximum absolute atomic E-state index is 14.0. The van der Waals surface area contributed by atoms with Crippen LogP contribution in [0.25, 0.3) is 30.4 Å². The number of rotatable bonds is 15. The SMILES string of the molecule is C.C.CCNC(=O)C(C)(C)n1c(=O)c2c(C)c(-n3nccn3)sc2n(C[C@@H](O)c2cc(F)ccc2OC)c1=O.COc1ccc(F)cc1[C@H](O)Cn1c(=O)n(C(C)(C)C(=O)O)c(=O)c2c(C)c(-n3nccn3)sc21.[HH]. The zero-order valence-corrected chi connectivity index (χ0v) is 41.8. The van der Waals surface area contributed by atoms with Gasteiger partial charge in [0.25, 0.3) is 11.1 Å². The van der Waals surface area contributed by atoms with E-state index in [9.17, 15) is 52.9 Å². The van der Waals surface area contributed by atoms with Crippen LogP contribution in [0, 0.1) is 25.5 Å². The predicted octanol–water partition coefficient (Wildman–Crippen LogP) is 5.20. The number of methoxy groups -OCH3 is 2. The molecule has 0 fully saturated rings. The highest BCUT2D eigenvalue weighted by atomic mass is 32.1. The molecule has 74 heavy (non-hydrogen) atoms. The van der Waals surface area contributed by atoms with Crippen molar-refractivity contribution in [1.82, 2.24) is 53.6 Å². The number of nitrogens with zero attached hydrogens (tertiary/aromatic N) is 10. The zero-order valence-electron chi connectivity index (χ0n) is 40.2. The van der Waals surface area contributed by atoms with Gasteiger partial charge in [0.1, 0.15) is 66.1 Å². The molecule has 0 aliphatic carbocycles. The number of hydrogen-bond acceptors (Lipinski definition) is 16. The highest BCUT2D eigenvalue weighted by Crippen LogP contribution is 2.35. The van der Waals surface area contributed by atoms with Gasteiger partial charge in [-0.1, -0.05) is 37.5 Å². The second kappa shape index (κ2) is 22.2. The van der Waals surface area contributed by atoms with Crippen molar-refractivity contribution in [3.63, 3.8) is 0 Å². The molecule has 0 saturated carbocycles. The van der Waals surface area contributed by atoms with Crippen molar-refractivity contribution in [2.75, 3.05) is 20.8 Å². The van der Waals surface area contributed by atoms with Gasteiger partial charge in [-0.15, -0.1) is 9.59 Å². The molecule has 0 spiro atoms. The molecule has 0 saturated heterocycles. The minimum atomic E-state index is -1.90. The third-order valence-corrected chi connectivity index (χ3v) is 14.5. The molecule has 0 bridgehead atoms. The number of benzene rings is 2. The number of fused-ring (bicyclic) bond motifs is 2. The van der Waals surface area contributed by atoms with Crippen LogP contribution in [0.15, 0.2) is 80.4 Å².